The van der Waals surface area contributed by atoms with Crippen LogP contribution < -0.4 is 0 Å². The van der Waals surface area contributed by atoms with Crippen LogP contribution in [-0.2, 0) is 25.7 Å². The first-order valence-corrected chi connectivity index (χ1v) is 9.28. The Kier molecular flexibility index (Phi) is 3.21. The fraction of sp³-hybridized carbons (Fsp3) is 0.250. The lowest BCUT2D eigenvalue weighted by atomic mass is 9.85. The molecule has 0 saturated heterocycles. The van der Waals surface area contributed by atoms with Crippen LogP contribution in [0.1, 0.15) is 67.4 Å². The fourth-order valence-electron chi connectivity index (χ4n) is 4.92. The summed E-state index contributed by atoms with van der Waals surface area (Å²) in [6, 6.07) is 8.61. The summed E-state index contributed by atoms with van der Waals surface area (Å²) in [6.45, 7) is 6.20. The zero-order valence-electron chi connectivity index (χ0n) is 14.9. The normalized spacial score (nSPS) is 17.9. The minimum absolute atomic E-state index is 0.134. The molecule has 2 nitrogen and oxygen atoms in total. The van der Waals surface area contributed by atoms with Crippen molar-refractivity contribution in [1.82, 2.24) is 0 Å². The lowest BCUT2D eigenvalue weighted by molar-refractivity contribution is 0.100. The van der Waals surface area contributed by atoms with E-state index in [2.05, 4.69) is 30.8 Å². The lowest BCUT2D eigenvalue weighted by Gasteiger charge is -2.18. The summed E-state index contributed by atoms with van der Waals surface area (Å²) in [7, 11) is 0. The van der Waals surface area contributed by atoms with Gasteiger partial charge in [0.25, 0.3) is 0 Å². The van der Waals surface area contributed by atoms with Crippen LogP contribution in [0, 0.1) is 0 Å². The highest BCUT2D eigenvalue weighted by Gasteiger charge is 2.30. The number of ketones is 2. The van der Waals surface area contributed by atoms with Gasteiger partial charge in [0.2, 0.25) is 0 Å². The first kappa shape index (κ1) is 15.5. The number of benzene rings is 2. The third-order valence-corrected chi connectivity index (χ3v) is 6.08. The minimum atomic E-state index is 0.134. The molecule has 0 aliphatic heterocycles. The molecule has 0 unspecified atom stereocenters. The van der Waals surface area contributed by atoms with Gasteiger partial charge in [0.05, 0.1) is 0 Å². The number of carbonyl (C=O) groups excluding carboxylic acids is 2. The molecule has 0 fully saturated rings. The predicted molar refractivity (Wildman–Crippen MR) is 104 cm³/mol. The Morgan fingerprint density at radius 2 is 1.23 bits per heavy atom. The summed E-state index contributed by atoms with van der Waals surface area (Å²) >= 11 is 0. The van der Waals surface area contributed by atoms with Crippen molar-refractivity contribution in [2.24, 2.45) is 0 Å². The van der Waals surface area contributed by atoms with E-state index in [1.165, 1.54) is 11.1 Å². The van der Waals surface area contributed by atoms with E-state index in [-0.39, 0.29) is 11.6 Å². The number of Topliss-reactive ketones (excluding diaryl/α,β-unsaturated/α-hetero) is 1. The third kappa shape index (κ3) is 2.05. The van der Waals surface area contributed by atoms with Gasteiger partial charge in [0.15, 0.2) is 11.6 Å². The molecule has 2 heteroatoms. The third-order valence-electron chi connectivity index (χ3n) is 6.08. The summed E-state index contributed by atoms with van der Waals surface area (Å²) in [5.74, 6) is 0.335. The highest BCUT2D eigenvalue weighted by Crippen LogP contribution is 2.39. The molecule has 0 radical (unpaired) electrons. The molecule has 4 aliphatic rings. The average Bonchev–Trinajstić information content (AvgIpc) is 3.07. The van der Waals surface area contributed by atoms with Crippen LogP contribution in [-0.4, -0.2) is 11.6 Å². The molecule has 0 saturated carbocycles. The van der Waals surface area contributed by atoms with Crippen LogP contribution in [0.3, 0.4) is 0 Å². The van der Waals surface area contributed by atoms with E-state index < -0.39 is 0 Å². The summed E-state index contributed by atoms with van der Waals surface area (Å²) in [6.07, 6.45) is 5.51. The van der Waals surface area contributed by atoms with E-state index in [1.807, 2.05) is 6.92 Å². The molecule has 2 aromatic rings. The van der Waals surface area contributed by atoms with Crippen molar-refractivity contribution in [2.75, 3.05) is 0 Å². The number of allylic oxidation sites excluding steroid dienone is 3. The number of fused-ring (bicyclic) bond motifs is 4. The van der Waals surface area contributed by atoms with Crippen LogP contribution >= 0.6 is 0 Å². The van der Waals surface area contributed by atoms with E-state index >= 15 is 0 Å². The topological polar surface area (TPSA) is 34.1 Å². The van der Waals surface area contributed by atoms with Gasteiger partial charge in [-0.1, -0.05) is 30.8 Å². The van der Waals surface area contributed by atoms with Gasteiger partial charge in [0, 0.05) is 17.5 Å². The second-order valence-corrected chi connectivity index (χ2v) is 7.66. The zero-order valence-corrected chi connectivity index (χ0v) is 14.9. The fourth-order valence-corrected chi connectivity index (χ4v) is 4.92. The van der Waals surface area contributed by atoms with Gasteiger partial charge >= 0.3 is 0 Å². The average molecular weight is 340 g/mol. The maximum absolute atomic E-state index is 12.6. The van der Waals surface area contributed by atoms with E-state index in [9.17, 15) is 9.59 Å². The largest absolute Gasteiger partial charge is 0.294 e. The van der Waals surface area contributed by atoms with Crippen LogP contribution in [0.25, 0.3) is 11.1 Å². The summed E-state index contributed by atoms with van der Waals surface area (Å²) in [5.41, 5.74) is 10.7. The van der Waals surface area contributed by atoms with Gasteiger partial charge in [-0.3, -0.25) is 9.59 Å². The maximum atomic E-state index is 12.6. The number of rotatable bonds is 0. The molecule has 0 amide bonds. The summed E-state index contributed by atoms with van der Waals surface area (Å²) in [4.78, 5) is 25.1. The molecule has 26 heavy (non-hydrogen) atoms. The Morgan fingerprint density at radius 1 is 0.731 bits per heavy atom. The van der Waals surface area contributed by atoms with Gasteiger partial charge in [-0.15, -0.1) is 0 Å². The van der Waals surface area contributed by atoms with E-state index in [0.29, 0.717) is 6.42 Å². The number of hydrogen-bond donors (Lipinski definition) is 0. The maximum Gasteiger partial charge on any atom is 0.187 e. The SMILES string of the molecule is C=C1CC(=O)c2c3ccc(c21)CCc1ccc(c2c1C(C)=CC2=O)CC3. The molecule has 4 aliphatic carbocycles. The quantitative estimate of drug-likeness (QED) is 0.692. The number of hydrogen-bond acceptors (Lipinski definition) is 2. The van der Waals surface area contributed by atoms with Crippen LogP contribution in [0.15, 0.2) is 36.9 Å². The van der Waals surface area contributed by atoms with Crippen molar-refractivity contribution in [3.8, 4) is 0 Å². The first-order valence-electron chi connectivity index (χ1n) is 9.28. The standard InChI is InChI=1S/C24H20O2/c1-13-11-19(25)23-17-7-5-15(21(13)23)3-4-16-6-8-18(10-9-17)24-20(26)12-14(2)22(16)24/h5-8,12H,1,3-4,9-11H2,2H3. The Hall–Kier alpha value is -2.74. The van der Waals surface area contributed by atoms with Crippen molar-refractivity contribution in [3.05, 3.63) is 81.4 Å². The Balaban J connectivity index is 1.71. The molecular weight excluding hydrogens is 320 g/mol. The Bertz CT molecular complexity index is 1050. The molecule has 2 aromatic carbocycles. The van der Waals surface area contributed by atoms with Crippen molar-refractivity contribution in [1.29, 1.82) is 0 Å². The van der Waals surface area contributed by atoms with Crippen molar-refractivity contribution >= 4 is 22.7 Å². The first-order chi connectivity index (χ1) is 12.5. The van der Waals surface area contributed by atoms with Crippen LogP contribution in [0.2, 0.25) is 0 Å². The predicted octanol–water partition coefficient (Wildman–Crippen LogP) is 4.77. The highest BCUT2D eigenvalue weighted by atomic mass is 16.1. The van der Waals surface area contributed by atoms with Gasteiger partial charge < -0.3 is 0 Å². The summed E-state index contributed by atoms with van der Waals surface area (Å²) in [5, 5.41) is 0. The molecular formula is C24H20O2. The number of carbonyl (C=O) groups is 2. The van der Waals surface area contributed by atoms with E-state index in [1.54, 1.807) is 6.08 Å². The smallest absolute Gasteiger partial charge is 0.187 e. The second kappa shape index (κ2) is 5.38. The van der Waals surface area contributed by atoms with Crippen molar-refractivity contribution in [3.63, 3.8) is 0 Å². The van der Waals surface area contributed by atoms with Crippen molar-refractivity contribution in [2.45, 2.75) is 39.0 Å². The Labute approximate surface area is 153 Å². The molecule has 4 bridgehead atoms. The zero-order chi connectivity index (χ0) is 18.0. The Morgan fingerprint density at radius 3 is 1.85 bits per heavy atom. The van der Waals surface area contributed by atoms with Crippen LogP contribution in [0.5, 0.6) is 0 Å². The number of aryl methyl sites for hydroxylation is 4. The minimum Gasteiger partial charge on any atom is -0.294 e. The summed E-state index contributed by atoms with van der Waals surface area (Å²) < 4.78 is 0. The van der Waals surface area contributed by atoms with Gasteiger partial charge in [0.1, 0.15) is 0 Å². The molecule has 0 heterocycles. The molecule has 6 rings (SSSR count). The molecule has 128 valence electrons. The molecule has 0 atom stereocenters. The van der Waals surface area contributed by atoms with Crippen LogP contribution in [0.4, 0.5) is 0 Å². The van der Waals surface area contributed by atoms with Gasteiger partial charge in [-0.05, 0) is 83.2 Å². The lowest BCUT2D eigenvalue weighted by Crippen LogP contribution is -2.10. The molecule has 0 spiro atoms. The highest BCUT2D eigenvalue weighted by molar-refractivity contribution is 6.17. The van der Waals surface area contributed by atoms with Gasteiger partial charge in [-0.25, -0.2) is 0 Å². The van der Waals surface area contributed by atoms with Crippen molar-refractivity contribution < 1.29 is 9.59 Å². The molecule has 0 N–H and O–H groups in total. The second-order valence-electron chi connectivity index (χ2n) is 7.66. The molecule has 0 aromatic heterocycles. The monoisotopic (exact) mass is 340 g/mol. The van der Waals surface area contributed by atoms with E-state index in [0.717, 1.165) is 70.2 Å². The van der Waals surface area contributed by atoms with E-state index in [4.69, 9.17) is 0 Å². The van der Waals surface area contributed by atoms with Gasteiger partial charge in [-0.2, -0.15) is 0 Å².